The quantitative estimate of drug-likeness (QED) is 0.535. The van der Waals surface area contributed by atoms with Crippen LogP contribution in [0.1, 0.15) is 5.56 Å². The Morgan fingerprint density at radius 2 is 1.66 bits per heavy atom. The maximum absolute atomic E-state index is 12.4. The van der Waals surface area contributed by atoms with Crippen LogP contribution in [0.5, 0.6) is 0 Å². The van der Waals surface area contributed by atoms with Crippen LogP contribution in [-0.2, 0) is 18.4 Å². The van der Waals surface area contributed by atoms with Crippen LogP contribution in [0.15, 0.2) is 70.4 Å². The Morgan fingerprint density at radius 3 is 2.44 bits per heavy atom. The third-order valence-corrected chi connectivity index (χ3v) is 6.99. The number of rotatable bonds is 8. The fraction of sp³-hybridized carbons (Fsp3) is 0.360. The summed E-state index contributed by atoms with van der Waals surface area (Å²) in [4.78, 5) is 30.3. The lowest BCUT2D eigenvalue weighted by atomic mass is 10.2. The number of piperazine rings is 1. The molecule has 168 valence electrons. The highest BCUT2D eigenvalue weighted by Crippen LogP contribution is 2.25. The molecular formula is C25H30N4O2S. The number of carbonyl (C=O) groups is 1. The van der Waals surface area contributed by atoms with Crippen molar-refractivity contribution in [3.8, 4) is 0 Å². The molecule has 1 fully saturated rings. The first-order valence-corrected chi connectivity index (χ1v) is 12.1. The summed E-state index contributed by atoms with van der Waals surface area (Å²) < 4.78 is 1.64. The molecule has 0 saturated carbocycles. The number of nitrogens with one attached hydrogen (secondary N) is 1. The van der Waals surface area contributed by atoms with Crippen molar-refractivity contribution in [2.45, 2.75) is 11.4 Å². The number of hydrogen-bond donors (Lipinski definition) is 1. The Bertz CT molecular complexity index is 1110. The second-order valence-corrected chi connectivity index (χ2v) is 9.18. The second-order valence-electron chi connectivity index (χ2n) is 8.17. The smallest absolute Gasteiger partial charge is 0.251 e. The summed E-state index contributed by atoms with van der Waals surface area (Å²) in [5.74, 6) is 0.310. The normalized spacial score (nSPS) is 15.2. The van der Waals surface area contributed by atoms with Gasteiger partial charge in [-0.15, -0.1) is 11.8 Å². The number of carbonyl (C=O) groups excluding carboxylic acids is 1. The van der Waals surface area contributed by atoms with Crippen molar-refractivity contribution in [3.63, 3.8) is 0 Å². The summed E-state index contributed by atoms with van der Waals surface area (Å²) in [5, 5.41) is 4.03. The van der Waals surface area contributed by atoms with Crippen LogP contribution < -0.4 is 10.9 Å². The summed E-state index contributed by atoms with van der Waals surface area (Å²) in [6, 6.07) is 20.0. The van der Waals surface area contributed by atoms with E-state index in [1.807, 2.05) is 24.3 Å². The molecule has 1 N–H and O–H groups in total. The highest BCUT2D eigenvalue weighted by atomic mass is 32.2. The van der Waals surface area contributed by atoms with Crippen LogP contribution in [-0.4, -0.2) is 65.3 Å². The molecule has 0 radical (unpaired) electrons. The van der Waals surface area contributed by atoms with Crippen molar-refractivity contribution < 1.29 is 4.79 Å². The summed E-state index contributed by atoms with van der Waals surface area (Å²) in [6.45, 7) is 6.66. The minimum Gasteiger partial charge on any atom is -0.354 e. The van der Waals surface area contributed by atoms with Gasteiger partial charge in [0.05, 0.1) is 11.3 Å². The molecule has 7 heteroatoms. The van der Waals surface area contributed by atoms with Gasteiger partial charge in [0.2, 0.25) is 5.91 Å². The first-order chi connectivity index (χ1) is 15.6. The van der Waals surface area contributed by atoms with Gasteiger partial charge >= 0.3 is 0 Å². The number of amides is 1. The number of aromatic nitrogens is 1. The fourth-order valence-corrected chi connectivity index (χ4v) is 4.96. The molecule has 1 amide bonds. The Morgan fingerprint density at radius 1 is 0.969 bits per heavy atom. The van der Waals surface area contributed by atoms with Crippen LogP contribution in [0.3, 0.4) is 0 Å². The lowest BCUT2D eigenvalue weighted by Crippen LogP contribution is -2.48. The molecule has 1 aliphatic rings. The van der Waals surface area contributed by atoms with Crippen LogP contribution in [0.4, 0.5) is 0 Å². The number of hydrogen-bond acceptors (Lipinski definition) is 5. The van der Waals surface area contributed by atoms with Gasteiger partial charge in [0.25, 0.3) is 5.56 Å². The predicted octanol–water partition coefficient (Wildman–Crippen LogP) is 2.56. The van der Waals surface area contributed by atoms with Gasteiger partial charge in [-0.1, -0.05) is 48.5 Å². The summed E-state index contributed by atoms with van der Waals surface area (Å²) in [6.07, 6.45) is 0. The first kappa shape index (κ1) is 22.6. The van der Waals surface area contributed by atoms with Gasteiger partial charge in [0, 0.05) is 69.2 Å². The van der Waals surface area contributed by atoms with Gasteiger partial charge in [-0.3, -0.25) is 19.4 Å². The zero-order valence-corrected chi connectivity index (χ0v) is 19.3. The molecule has 0 atom stereocenters. The molecule has 4 rings (SSSR count). The van der Waals surface area contributed by atoms with E-state index in [1.54, 1.807) is 17.7 Å². The molecule has 0 aliphatic carbocycles. The van der Waals surface area contributed by atoms with Crippen LogP contribution in [0.2, 0.25) is 0 Å². The lowest BCUT2D eigenvalue weighted by Gasteiger charge is -2.34. The second kappa shape index (κ2) is 10.8. The molecule has 0 unspecified atom stereocenters. The molecule has 1 aromatic heterocycles. The van der Waals surface area contributed by atoms with E-state index in [0.717, 1.165) is 55.1 Å². The van der Waals surface area contributed by atoms with Crippen LogP contribution in [0, 0.1) is 0 Å². The van der Waals surface area contributed by atoms with Crippen molar-refractivity contribution >= 4 is 28.6 Å². The minimum atomic E-state index is -0.0574. The Labute approximate surface area is 193 Å². The van der Waals surface area contributed by atoms with Crippen molar-refractivity contribution in [1.29, 1.82) is 0 Å². The van der Waals surface area contributed by atoms with Crippen molar-refractivity contribution in [2.75, 3.05) is 45.0 Å². The van der Waals surface area contributed by atoms with Gasteiger partial charge in [-0.25, -0.2) is 0 Å². The van der Waals surface area contributed by atoms with Crippen molar-refractivity contribution in [1.82, 2.24) is 19.7 Å². The Balaban J connectivity index is 1.19. The number of benzene rings is 2. The number of thioether (sulfide) groups is 1. The number of aryl methyl sites for hydroxylation is 1. The van der Waals surface area contributed by atoms with Gasteiger partial charge < -0.3 is 9.88 Å². The molecule has 2 aromatic carbocycles. The van der Waals surface area contributed by atoms with Crippen molar-refractivity contribution in [3.05, 3.63) is 76.6 Å². The van der Waals surface area contributed by atoms with Gasteiger partial charge in [0.15, 0.2) is 0 Å². The highest BCUT2D eigenvalue weighted by Gasteiger charge is 2.17. The highest BCUT2D eigenvalue weighted by molar-refractivity contribution is 8.00. The third-order valence-electron chi connectivity index (χ3n) is 5.94. The van der Waals surface area contributed by atoms with Gasteiger partial charge in [-0.2, -0.15) is 0 Å². The fourth-order valence-electron chi connectivity index (χ4n) is 4.06. The summed E-state index contributed by atoms with van der Waals surface area (Å²) in [5.41, 5.74) is 2.18. The van der Waals surface area contributed by atoms with E-state index in [1.165, 1.54) is 17.3 Å². The molecule has 1 saturated heterocycles. The Kier molecular flexibility index (Phi) is 7.63. The van der Waals surface area contributed by atoms with E-state index in [9.17, 15) is 9.59 Å². The SMILES string of the molecule is Cn1c(=O)cc(SCC(=O)NCCN2CCN(Cc3ccccc3)CC2)c2ccccc21. The van der Waals surface area contributed by atoms with E-state index in [2.05, 4.69) is 45.4 Å². The van der Waals surface area contributed by atoms with Crippen LogP contribution >= 0.6 is 11.8 Å². The molecular weight excluding hydrogens is 420 g/mol. The molecule has 2 heterocycles. The monoisotopic (exact) mass is 450 g/mol. The van der Waals surface area contributed by atoms with Crippen molar-refractivity contribution in [2.24, 2.45) is 7.05 Å². The first-order valence-electron chi connectivity index (χ1n) is 11.1. The van der Waals surface area contributed by atoms with E-state index >= 15 is 0 Å². The largest absolute Gasteiger partial charge is 0.354 e. The number of pyridine rings is 1. The molecule has 32 heavy (non-hydrogen) atoms. The predicted molar refractivity (Wildman–Crippen MR) is 131 cm³/mol. The average molecular weight is 451 g/mol. The number of nitrogens with zero attached hydrogens (tertiary/aromatic N) is 3. The van der Waals surface area contributed by atoms with Crippen LogP contribution in [0.25, 0.3) is 10.9 Å². The zero-order valence-electron chi connectivity index (χ0n) is 18.5. The molecule has 0 spiro atoms. The summed E-state index contributed by atoms with van der Waals surface area (Å²) >= 11 is 1.42. The zero-order chi connectivity index (χ0) is 22.3. The topological polar surface area (TPSA) is 57.6 Å². The average Bonchev–Trinajstić information content (AvgIpc) is 2.82. The molecule has 6 nitrogen and oxygen atoms in total. The van der Waals surface area contributed by atoms with E-state index in [0.29, 0.717) is 12.3 Å². The standard InChI is InChI=1S/C25H30N4O2S/c1-27-22-10-6-5-9-21(22)23(17-25(27)31)32-19-24(30)26-11-12-28-13-15-29(16-14-28)18-20-7-3-2-4-8-20/h2-10,17H,11-16,18-19H2,1H3,(H,26,30). The number of fused-ring (bicyclic) bond motifs is 1. The minimum absolute atomic E-state index is 0.00229. The van der Waals surface area contributed by atoms with E-state index in [-0.39, 0.29) is 11.5 Å². The molecule has 1 aliphatic heterocycles. The summed E-state index contributed by atoms with van der Waals surface area (Å²) in [7, 11) is 1.77. The van der Waals surface area contributed by atoms with Gasteiger partial charge in [0.1, 0.15) is 0 Å². The maximum Gasteiger partial charge on any atom is 0.251 e. The maximum atomic E-state index is 12.4. The third kappa shape index (κ3) is 5.79. The number of para-hydroxylation sites is 1. The van der Waals surface area contributed by atoms with Gasteiger partial charge in [-0.05, 0) is 11.6 Å². The lowest BCUT2D eigenvalue weighted by molar-refractivity contribution is -0.118. The van der Waals surface area contributed by atoms with E-state index < -0.39 is 0 Å². The molecule has 0 bridgehead atoms. The molecule has 3 aromatic rings. The van der Waals surface area contributed by atoms with E-state index in [4.69, 9.17) is 0 Å². The Hall–Kier alpha value is -2.61.